The lowest BCUT2D eigenvalue weighted by Gasteiger charge is -2.29. The molecule has 1 heterocycles. The second-order valence-electron chi connectivity index (χ2n) is 7.33. The molecule has 7 nitrogen and oxygen atoms in total. The molecule has 24 heavy (non-hydrogen) atoms. The molecular formula is C17H26N2O5. The molecule has 2 amide bonds. The van der Waals surface area contributed by atoms with Crippen molar-refractivity contribution in [2.75, 3.05) is 13.7 Å². The first-order chi connectivity index (χ1) is 11.1. The molecule has 0 spiro atoms. The summed E-state index contributed by atoms with van der Waals surface area (Å²) in [7, 11) is 1.29. The Morgan fingerprint density at radius 2 is 2.00 bits per heavy atom. The van der Waals surface area contributed by atoms with Gasteiger partial charge in [-0.1, -0.05) is 6.08 Å². The normalized spacial score (nSPS) is 28.9. The predicted molar refractivity (Wildman–Crippen MR) is 87.2 cm³/mol. The number of carbonyl (C=O) groups is 3. The van der Waals surface area contributed by atoms with Gasteiger partial charge in [0.25, 0.3) is 0 Å². The van der Waals surface area contributed by atoms with Crippen LogP contribution in [0.3, 0.4) is 0 Å². The molecule has 1 aliphatic carbocycles. The third-order valence-electron chi connectivity index (χ3n) is 4.38. The highest BCUT2D eigenvalue weighted by Gasteiger charge is 2.61. The highest BCUT2D eigenvalue weighted by molar-refractivity contribution is 5.94. The summed E-state index contributed by atoms with van der Waals surface area (Å²) in [5.74, 6) is -0.985. The lowest BCUT2D eigenvalue weighted by Crippen LogP contribution is -2.53. The first kappa shape index (κ1) is 18.3. The second kappa shape index (κ2) is 6.45. The molecule has 1 saturated heterocycles. The lowest BCUT2D eigenvalue weighted by molar-refractivity contribution is -0.147. The molecule has 2 fully saturated rings. The molecule has 0 aromatic rings. The summed E-state index contributed by atoms with van der Waals surface area (Å²) in [6.45, 7) is 9.48. The second-order valence-corrected chi connectivity index (χ2v) is 7.33. The molecule has 0 unspecified atom stereocenters. The molecule has 0 radical (unpaired) electrons. The lowest BCUT2D eigenvalue weighted by atomic mass is 10.1. The summed E-state index contributed by atoms with van der Waals surface area (Å²) in [6, 6.07) is -0.632. The summed E-state index contributed by atoms with van der Waals surface area (Å²) >= 11 is 0. The van der Waals surface area contributed by atoms with Crippen molar-refractivity contribution in [3.05, 3.63) is 12.7 Å². The van der Waals surface area contributed by atoms with Gasteiger partial charge in [-0.2, -0.15) is 0 Å². The third kappa shape index (κ3) is 3.55. The number of nitrogens with zero attached hydrogens (tertiary/aromatic N) is 1. The van der Waals surface area contributed by atoms with E-state index in [1.807, 2.05) is 0 Å². The summed E-state index contributed by atoms with van der Waals surface area (Å²) < 4.78 is 10.2. The van der Waals surface area contributed by atoms with Crippen LogP contribution in [0.2, 0.25) is 0 Å². The monoisotopic (exact) mass is 338 g/mol. The molecule has 1 aliphatic heterocycles. The van der Waals surface area contributed by atoms with Crippen molar-refractivity contribution in [2.45, 2.75) is 57.2 Å². The SMILES string of the molecule is C=C[C@@H]1C[C@]1(NC(=O)[C@@H]1CCCN1C(=O)OC(C)(C)C)C(=O)OC. The molecule has 3 atom stereocenters. The smallest absolute Gasteiger partial charge is 0.410 e. The largest absolute Gasteiger partial charge is 0.467 e. The number of ether oxygens (including phenoxy) is 2. The van der Waals surface area contributed by atoms with Gasteiger partial charge in [-0.3, -0.25) is 9.69 Å². The van der Waals surface area contributed by atoms with Crippen molar-refractivity contribution in [3.8, 4) is 0 Å². The van der Waals surface area contributed by atoms with Gasteiger partial charge in [0.1, 0.15) is 17.2 Å². The van der Waals surface area contributed by atoms with Crippen molar-refractivity contribution >= 4 is 18.0 Å². The van der Waals surface area contributed by atoms with E-state index in [0.717, 1.165) is 0 Å². The van der Waals surface area contributed by atoms with Gasteiger partial charge in [0.05, 0.1) is 7.11 Å². The number of carbonyl (C=O) groups excluding carboxylic acids is 3. The first-order valence-electron chi connectivity index (χ1n) is 8.17. The molecule has 2 aliphatic rings. The van der Waals surface area contributed by atoms with Gasteiger partial charge in [0.2, 0.25) is 5.91 Å². The highest BCUT2D eigenvalue weighted by Crippen LogP contribution is 2.45. The van der Waals surface area contributed by atoms with Crippen molar-refractivity contribution < 1.29 is 23.9 Å². The van der Waals surface area contributed by atoms with E-state index in [-0.39, 0.29) is 11.8 Å². The fourth-order valence-electron chi connectivity index (χ4n) is 3.07. The van der Waals surface area contributed by atoms with Crippen molar-refractivity contribution in [1.82, 2.24) is 10.2 Å². The van der Waals surface area contributed by atoms with E-state index < -0.39 is 29.2 Å². The van der Waals surface area contributed by atoms with Gasteiger partial charge in [-0.05, 0) is 40.0 Å². The minimum Gasteiger partial charge on any atom is -0.467 e. The van der Waals surface area contributed by atoms with Crippen molar-refractivity contribution in [3.63, 3.8) is 0 Å². The van der Waals surface area contributed by atoms with Crippen LogP contribution in [0.15, 0.2) is 12.7 Å². The van der Waals surface area contributed by atoms with Crippen LogP contribution in [0.4, 0.5) is 4.79 Å². The van der Waals surface area contributed by atoms with Crippen LogP contribution in [-0.2, 0) is 19.1 Å². The zero-order valence-electron chi connectivity index (χ0n) is 14.8. The number of amides is 2. The average Bonchev–Trinajstić information content (AvgIpc) is 2.97. The van der Waals surface area contributed by atoms with Crippen LogP contribution in [0.1, 0.15) is 40.0 Å². The van der Waals surface area contributed by atoms with Crippen LogP contribution in [0, 0.1) is 5.92 Å². The third-order valence-corrected chi connectivity index (χ3v) is 4.38. The average molecular weight is 338 g/mol. The van der Waals surface area contributed by atoms with Crippen molar-refractivity contribution in [1.29, 1.82) is 0 Å². The molecule has 1 N–H and O–H groups in total. The van der Waals surface area contributed by atoms with Gasteiger partial charge < -0.3 is 14.8 Å². The number of methoxy groups -OCH3 is 1. The zero-order valence-corrected chi connectivity index (χ0v) is 14.8. The summed E-state index contributed by atoms with van der Waals surface area (Å²) in [4.78, 5) is 38.4. The maximum atomic E-state index is 12.7. The predicted octanol–water partition coefficient (Wildman–Crippen LogP) is 1.62. The minimum absolute atomic E-state index is 0.148. The van der Waals surface area contributed by atoms with E-state index in [0.29, 0.717) is 25.8 Å². The van der Waals surface area contributed by atoms with Crippen LogP contribution < -0.4 is 5.32 Å². The standard InChI is InChI=1S/C17H26N2O5/c1-6-11-10-17(11,14(21)23-5)18-13(20)12-8-7-9-19(12)15(22)24-16(2,3)4/h6,11-12H,1,7-10H2,2-5H3,(H,18,20)/t11-,12+,17-/m1/s1. The molecule has 7 heteroatoms. The minimum atomic E-state index is -1.05. The Labute approximate surface area is 142 Å². The summed E-state index contributed by atoms with van der Waals surface area (Å²) in [6.07, 6.45) is 2.85. The summed E-state index contributed by atoms with van der Waals surface area (Å²) in [5.41, 5.74) is -1.67. The van der Waals surface area contributed by atoms with Crippen LogP contribution in [-0.4, -0.2) is 53.7 Å². The number of esters is 1. The van der Waals surface area contributed by atoms with Crippen LogP contribution >= 0.6 is 0 Å². The number of hydrogen-bond donors (Lipinski definition) is 1. The van der Waals surface area contributed by atoms with E-state index in [4.69, 9.17) is 9.47 Å². The van der Waals surface area contributed by atoms with Gasteiger partial charge in [-0.15, -0.1) is 6.58 Å². The Morgan fingerprint density at radius 3 is 2.50 bits per heavy atom. The Balaban J connectivity index is 2.07. The maximum Gasteiger partial charge on any atom is 0.410 e. The number of hydrogen-bond acceptors (Lipinski definition) is 5. The van der Waals surface area contributed by atoms with Crippen molar-refractivity contribution in [2.24, 2.45) is 5.92 Å². The number of rotatable bonds is 4. The molecule has 0 aromatic heterocycles. The maximum absolute atomic E-state index is 12.7. The Morgan fingerprint density at radius 1 is 1.33 bits per heavy atom. The number of likely N-dealkylation sites (tertiary alicyclic amines) is 1. The van der Waals surface area contributed by atoms with E-state index in [1.54, 1.807) is 26.8 Å². The molecule has 0 aromatic carbocycles. The van der Waals surface area contributed by atoms with E-state index in [2.05, 4.69) is 11.9 Å². The molecule has 1 saturated carbocycles. The summed E-state index contributed by atoms with van der Waals surface area (Å²) in [5, 5.41) is 2.77. The number of nitrogens with one attached hydrogen (secondary N) is 1. The fraction of sp³-hybridized carbons (Fsp3) is 0.706. The van der Waals surface area contributed by atoms with Gasteiger partial charge in [0.15, 0.2) is 0 Å². The fourth-order valence-corrected chi connectivity index (χ4v) is 3.07. The molecule has 2 rings (SSSR count). The van der Waals surface area contributed by atoms with Crippen LogP contribution in [0.5, 0.6) is 0 Å². The quantitative estimate of drug-likeness (QED) is 0.622. The molecule has 134 valence electrons. The Kier molecular flexibility index (Phi) is 4.92. The van der Waals surface area contributed by atoms with E-state index in [1.165, 1.54) is 12.0 Å². The zero-order chi connectivity index (χ0) is 18.1. The Bertz CT molecular complexity index is 554. The van der Waals surface area contributed by atoms with Crippen LogP contribution in [0.25, 0.3) is 0 Å². The Hall–Kier alpha value is -2.05. The highest BCUT2D eigenvalue weighted by atomic mass is 16.6. The van der Waals surface area contributed by atoms with E-state index in [9.17, 15) is 14.4 Å². The molecular weight excluding hydrogens is 312 g/mol. The first-order valence-corrected chi connectivity index (χ1v) is 8.17. The topological polar surface area (TPSA) is 84.9 Å². The van der Waals surface area contributed by atoms with Gasteiger partial charge >= 0.3 is 12.1 Å². The van der Waals surface area contributed by atoms with E-state index >= 15 is 0 Å². The van der Waals surface area contributed by atoms with Gasteiger partial charge in [0, 0.05) is 12.5 Å². The molecule has 0 bridgehead atoms. The van der Waals surface area contributed by atoms with Gasteiger partial charge in [-0.25, -0.2) is 9.59 Å².